The van der Waals surface area contributed by atoms with Gasteiger partial charge >= 0.3 is 0 Å². The Kier molecular flexibility index (Phi) is 5.17. The molecule has 2 aromatic rings. The highest BCUT2D eigenvalue weighted by molar-refractivity contribution is 7.09. The van der Waals surface area contributed by atoms with Crippen LogP contribution in [0.2, 0.25) is 5.02 Å². The lowest BCUT2D eigenvalue weighted by Crippen LogP contribution is -2.13. The van der Waals surface area contributed by atoms with Crippen molar-refractivity contribution in [2.75, 3.05) is 5.32 Å². The van der Waals surface area contributed by atoms with Gasteiger partial charge in [-0.1, -0.05) is 11.6 Å². The molecule has 0 atom stereocenters. The van der Waals surface area contributed by atoms with E-state index in [-0.39, 0.29) is 12.0 Å². The van der Waals surface area contributed by atoms with Gasteiger partial charge in [0.15, 0.2) is 0 Å². The zero-order valence-corrected chi connectivity index (χ0v) is 13.3. The van der Waals surface area contributed by atoms with E-state index >= 15 is 0 Å². The number of anilines is 1. The maximum atomic E-state index is 12.0. The van der Waals surface area contributed by atoms with Gasteiger partial charge in [0.1, 0.15) is 16.5 Å². The number of rotatable bonds is 5. The van der Waals surface area contributed by atoms with Gasteiger partial charge < -0.3 is 15.8 Å². The lowest BCUT2D eigenvalue weighted by Gasteiger charge is -2.12. The summed E-state index contributed by atoms with van der Waals surface area (Å²) >= 11 is 7.48. The summed E-state index contributed by atoms with van der Waals surface area (Å²) in [6, 6.07) is 5.11. The van der Waals surface area contributed by atoms with Crippen molar-refractivity contribution in [3.63, 3.8) is 0 Å². The van der Waals surface area contributed by atoms with E-state index in [1.54, 1.807) is 23.6 Å². The highest BCUT2D eigenvalue weighted by Gasteiger charge is 2.12. The predicted molar refractivity (Wildman–Crippen MR) is 85.2 cm³/mol. The molecule has 112 valence electrons. The van der Waals surface area contributed by atoms with Crippen LogP contribution in [0.1, 0.15) is 29.3 Å². The number of aromatic nitrogens is 1. The SMILES string of the molecule is CC(C)Oc1ccc(NC(=O)c2csc(CN)n2)cc1Cl. The minimum atomic E-state index is -0.292. The molecule has 0 saturated carbocycles. The Morgan fingerprint density at radius 2 is 2.29 bits per heavy atom. The monoisotopic (exact) mass is 325 g/mol. The van der Waals surface area contributed by atoms with Crippen LogP contribution < -0.4 is 15.8 Å². The number of ether oxygens (including phenoxy) is 1. The number of hydrogen-bond donors (Lipinski definition) is 2. The van der Waals surface area contributed by atoms with Gasteiger partial charge in [-0.3, -0.25) is 4.79 Å². The van der Waals surface area contributed by atoms with E-state index in [0.29, 0.717) is 28.7 Å². The van der Waals surface area contributed by atoms with Crippen molar-refractivity contribution in [2.45, 2.75) is 26.5 Å². The number of halogens is 1. The second-order valence-corrected chi connectivity index (χ2v) is 5.95. The van der Waals surface area contributed by atoms with Crippen LogP contribution >= 0.6 is 22.9 Å². The van der Waals surface area contributed by atoms with E-state index in [1.165, 1.54) is 11.3 Å². The zero-order chi connectivity index (χ0) is 15.4. The number of thiazole rings is 1. The molecule has 1 aromatic heterocycles. The topological polar surface area (TPSA) is 77.2 Å². The van der Waals surface area contributed by atoms with Crippen LogP contribution in [-0.2, 0) is 6.54 Å². The molecule has 0 bridgehead atoms. The molecule has 0 fully saturated rings. The van der Waals surface area contributed by atoms with Crippen LogP contribution in [0.4, 0.5) is 5.69 Å². The molecule has 0 spiro atoms. The molecular formula is C14H16ClN3O2S. The normalized spacial score (nSPS) is 10.7. The summed E-state index contributed by atoms with van der Waals surface area (Å²) in [4.78, 5) is 16.2. The molecule has 0 aliphatic heterocycles. The molecule has 1 heterocycles. The number of carbonyl (C=O) groups excluding carboxylic acids is 1. The van der Waals surface area contributed by atoms with Crippen molar-refractivity contribution in [3.8, 4) is 5.75 Å². The summed E-state index contributed by atoms with van der Waals surface area (Å²) in [7, 11) is 0. The number of hydrogen-bond acceptors (Lipinski definition) is 5. The van der Waals surface area contributed by atoms with Crippen molar-refractivity contribution in [3.05, 3.63) is 39.3 Å². The van der Waals surface area contributed by atoms with Crippen molar-refractivity contribution >= 4 is 34.5 Å². The first-order valence-corrected chi connectivity index (χ1v) is 7.67. The molecule has 0 aliphatic rings. The van der Waals surface area contributed by atoms with Gasteiger partial charge in [0.2, 0.25) is 0 Å². The average molecular weight is 326 g/mol. The van der Waals surface area contributed by atoms with Crippen LogP contribution in [-0.4, -0.2) is 17.0 Å². The van der Waals surface area contributed by atoms with Crippen LogP contribution in [0.5, 0.6) is 5.75 Å². The highest BCUT2D eigenvalue weighted by Crippen LogP contribution is 2.28. The van der Waals surface area contributed by atoms with Crippen molar-refractivity contribution in [1.29, 1.82) is 0 Å². The van der Waals surface area contributed by atoms with E-state index in [1.807, 2.05) is 13.8 Å². The minimum Gasteiger partial charge on any atom is -0.489 e. The van der Waals surface area contributed by atoms with Gasteiger partial charge in [-0.25, -0.2) is 4.98 Å². The number of carbonyl (C=O) groups is 1. The van der Waals surface area contributed by atoms with E-state index in [0.717, 1.165) is 5.01 Å². The number of nitrogens with one attached hydrogen (secondary N) is 1. The largest absolute Gasteiger partial charge is 0.489 e. The average Bonchev–Trinajstić information content (AvgIpc) is 2.90. The Bertz CT molecular complexity index is 643. The third-order valence-electron chi connectivity index (χ3n) is 2.51. The minimum absolute atomic E-state index is 0.0348. The summed E-state index contributed by atoms with van der Waals surface area (Å²) in [5, 5.41) is 5.59. The summed E-state index contributed by atoms with van der Waals surface area (Å²) in [5.74, 6) is 0.295. The van der Waals surface area contributed by atoms with E-state index in [4.69, 9.17) is 22.1 Å². The molecule has 21 heavy (non-hydrogen) atoms. The van der Waals surface area contributed by atoms with Gasteiger partial charge in [0.25, 0.3) is 5.91 Å². The zero-order valence-electron chi connectivity index (χ0n) is 11.7. The Morgan fingerprint density at radius 3 is 2.86 bits per heavy atom. The Hall–Kier alpha value is -1.63. The fourth-order valence-electron chi connectivity index (χ4n) is 1.63. The molecule has 7 heteroatoms. The fraction of sp³-hybridized carbons (Fsp3) is 0.286. The van der Waals surface area contributed by atoms with E-state index in [9.17, 15) is 4.79 Å². The van der Waals surface area contributed by atoms with Crippen molar-refractivity contribution in [2.24, 2.45) is 5.73 Å². The first kappa shape index (κ1) is 15.8. The van der Waals surface area contributed by atoms with Crippen molar-refractivity contribution in [1.82, 2.24) is 4.98 Å². The molecule has 0 aliphatic carbocycles. The summed E-state index contributed by atoms with van der Waals surface area (Å²) in [6.07, 6.45) is 0.0348. The molecule has 2 rings (SSSR count). The van der Waals surface area contributed by atoms with Gasteiger partial charge in [0, 0.05) is 17.6 Å². The molecule has 0 unspecified atom stereocenters. The molecule has 3 N–H and O–H groups in total. The van der Waals surface area contributed by atoms with E-state index in [2.05, 4.69) is 10.3 Å². The summed E-state index contributed by atoms with van der Waals surface area (Å²) in [6.45, 7) is 4.16. The first-order valence-electron chi connectivity index (χ1n) is 6.41. The molecule has 0 radical (unpaired) electrons. The summed E-state index contributed by atoms with van der Waals surface area (Å²) in [5.41, 5.74) is 6.41. The molecule has 1 amide bonds. The first-order chi connectivity index (χ1) is 9.99. The van der Waals surface area contributed by atoms with Gasteiger partial charge in [0.05, 0.1) is 11.1 Å². The number of benzene rings is 1. The molecule has 1 aromatic carbocycles. The van der Waals surface area contributed by atoms with E-state index < -0.39 is 0 Å². The third kappa shape index (κ3) is 4.17. The number of nitrogens with zero attached hydrogens (tertiary/aromatic N) is 1. The van der Waals surface area contributed by atoms with Crippen LogP contribution in [0.15, 0.2) is 23.6 Å². The Balaban J connectivity index is 2.09. The number of nitrogens with two attached hydrogens (primary N) is 1. The Morgan fingerprint density at radius 1 is 1.52 bits per heavy atom. The maximum absolute atomic E-state index is 12.0. The van der Waals surface area contributed by atoms with Gasteiger partial charge in [-0.05, 0) is 32.0 Å². The van der Waals surface area contributed by atoms with Crippen LogP contribution in [0, 0.1) is 0 Å². The molecular weight excluding hydrogens is 310 g/mol. The van der Waals surface area contributed by atoms with Crippen LogP contribution in [0.3, 0.4) is 0 Å². The second-order valence-electron chi connectivity index (χ2n) is 4.60. The van der Waals surface area contributed by atoms with Crippen LogP contribution in [0.25, 0.3) is 0 Å². The fourth-order valence-corrected chi connectivity index (χ4v) is 2.51. The molecule has 5 nitrogen and oxygen atoms in total. The number of amides is 1. The van der Waals surface area contributed by atoms with Crippen molar-refractivity contribution < 1.29 is 9.53 Å². The second kappa shape index (κ2) is 6.89. The quantitative estimate of drug-likeness (QED) is 0.884. The van der Waals surface area contributed by atoms with Gasteiger partial charge in [-0.15, -0.1) is 11.3 Å². The highest BCUT2D eigenvalue weighted by atomic mass is 35.5. The lowest BCUT2D eigenvalue weighted by atomic mass is 10.3. The smallest absolute Gasteiger partial charge is 0.275 e. The Labute approximate surface area is 132 Å². The predicted octanol–water partition coefficient (Wildman–Crippen LogP) is 3.29. The third-order valence-corrected chi connectivity index (χ3v) is 3.68. The lowest BCUT2D eigenvalue weighted by molar-refractivity contribution is 0.102. The standard InChI is InChI=1S/C14H16ClN3O2S/c1-8(2)20-12-4-3-9(5-10(12)15)17-14(19)11-7-21-13(6-16)18-11/h3-5,7-8H,6,16H2,1-2H3,(H,17,19). The maximum Gasteiger partial charge on any atom is 0.275 e. The summed E-state index contributed by atoms with van der Waals surface area (Å²) < 4.78 is 5.54. The molecule has 0 saturated heterocycles. The van der Waals surface area contributed by atoms with Gasteiger partial charge in [-0.2, -0.15) is 0 Å².